The highest BCUT2D eigenvalue weighted by atomic mass is 32.2. The van der Waals surface area contributed by atoms with Gasteiger partial charge in [0.1, 0.15) is 5.75 Å². The van der Waals surface area contributed by atoms with Crippen LogP contribution in [0.25, 0.3) is 0 Å². The number of carbonyl (C=O) groups excluding carboxylic acids is 1. The molecule has 1 unspecified atom stereocenters. The lowest BCUT2D eigenvalue weighted by atomic mass is 10.00. The Labute approximate surface area is 182 Å². The van der Waals surface area contributed by atoms with Crippen molar-refractivity contribution < 1.29 is 9.53 Å². The van der Waals surface area contributed by atoms with Crippen LogP contribution in [-0.4, -0.2) is 46.1 Å². The summed E-state index contributed by atoms with van der Waals surface area (Å²) < 4.78 is 7.45. The van der Waals surface area contributed by atoms with Gasteiger partial charge in [0.05, 0.1) is 12.4 Å². The molecule has 1 saturated carbocycles. The molecule has 2 fully saturated rings. The van der Waals surface area contributed by atoms with Gasteiger partial charge in [0, 0.05) is 25.7 Å². The molecule has 1 aliphatic carbocycles. The number of nitrogens with zero attached hydrogens (tertiary/aromatic N) is 4. The molecule has 2 aliphatic rings. The van der Waals surface area contributed by atoms with E-state index in [9.17, 15) is 4.79 Å². The minimum absolute atomic E-state index is 0.00881. The first kappa shape index (κ1) is 21.0. The highest BCUT2D eigenvalue weighted by molar-refractivity contribution is 8.00. The summed E-state index contributed by atoms with van der Waals surface area (Å²) in [6.07, 6.45) is 4.73. The molecule has 0 bridgehead atoms. The van der Waals surface area contributed by atoms with Crippen molar-refractivity contribution in [2.24, 2.45) is 5.92 Å². The number of hydrogen-bond donors (Lipinski definition) is 1. The SMILES string of the molecule is COc1ccc(CNC(=O)C(C)Sc2nnc(N3CCC(C)CC3)n2C2CC2)cc1. The Morgan fingerprint density at radius 3 is 2.53 bits per heavy atom. The zero-order chi connectivity index (χ0) is 21.1. The summed E-state index contributed by atoms with van der Waals surface area (Å²) >= 11 is 1.50. The van der Waals surface area contributed by atoms with Crippen LogP contribution in [0.15, 0.2) is 29.4 Å². The number of carbonyl (C=O) groups is 1. The molecule has 162 valence electrons. The summed E-state index contributed by atoms with van der Waals surface area (Å²) in [4.78, 5) is 15.0. The molecule has 8 heteroatoms. The molecule has 0 radical (unpaired) electrons. The van der Waals surface area contributed by atoms with Crippen molar-refractivity contribution in [3.63, 3.8) is 0 Å². The molecule has 1 saturated heterocycles. The Kier molecular flexibility index (Phi) is 6.51. The van der Waals surface area contributed by atoms with Gasteiger partial charge >= 0.3 is 0 Å². The number of nitrogens with one attached hydrogen (secondary N) is 1. The summed E-state index contributed by atoms with van der Waals surface area (Å²) in [6.45, 7) is 6.82. The lowest BCUT2D eigenvalue weighted by Crippen LogP contribution is -2.35. The smallest absolute Gasteiger partial charge is 0.233 e. The fourth-order valence-corrected chi connectivity index (χ4v) is 4.65. The summed E-state index contributed by atoms with van der Waals surface area (Å²) in [5.41, 5.74) is 1.05. The number of benzene rings is 1. The second-order valence-corrected chi connectivity index (χ2v) is 9.69. The average molecular weight is 430 g/mol. The zero-order valence-electron chi connectivity index (χ0n) is 18.0. The second-order valence-electron chi connectivity index (χ2n) is 8.38. The van der Waals surface area contributed by atoms with E-state index in [1.165, 1.54) is 37.4 Å². The van der Waals surface area contributed by atoms with Crippen LogP contribution >= 0.6 is 11.8 Å². The largest absolute Gasteiger partial charge is 0.497 e. The zero-order valence-corrected chi connectivity index (χ0v) is 18.8. The first-order chi connectivity index (χ1) is 14.5. The van der Waals surface area contributed by atoms with Gasteiger partial charge in [-0.3, -0.25) is 9.36 Å². The third-order valence-corrected chi connectivity index (χ3v) is 6.96. The molecular formula is C22H31N5O2S. The van der Waals surface area contributed by atoms with Gasteiger partial charge in [-0.1, -0.05) is 30.8 Å². The summed E-state index contributed by atoms with van der Waals surface area (Å²) in [5, 5.41) is 12.6. The van der Waals surface area contributed by atoms with Crippen molar-refractivity contribution >= 4 is 23.6 Å². The number of amides is 1. The number of ether oxygens (including phenoxy) is 1. The van der Waals surface area contributed by atoms with E-state index in [-0.39, 0.29) is 11.2 Å². The van der Waals surface area contributed by atoms with Crippen molar-refractivity contribution in [1.82, 2.24) is 20.1 Å². The Hall–Kier alpha value is -2.22. The van der Waals surface area contributed by atoms with Crippen molar-refractivity contribution in [2.75, 3.05) is 25.1 Å². The van der Waals surface area contributed by atoms with Gasteiger partial charge in [-0.25, -0.2) is 0 Å². The van der Waals surface area contributed by atoms with E-state index in [0.29, 0.717) is 12.6 Å². The number of rotatable bonds is 8. The van der Waals surface area contributed by atoms with E-state index in [4.69, 9.17) is 4.74 Å². The molecule has 1 aromatic heterocycles. The number of methoxy groups -OCH3 is 1. The van der Waals surface area contributed by atoms with E-state index >= 15 is 0 Å². The van der Waals surface area contributed by atoms with Crippen LogP contribution in [-0.2, 0) is 11.3 Å². The molecule has 1 aliphatic heterocycles. The van der Waals surface area contributed by atoms with Crippen LogP contribution in [0.5, 0.6) is 5.75 Å². The van der Waals surface area contributed by atoms with Gasteiger partial charge in [0.25, 0.3) is 0 Å². The van der Waals surface area contributed by atoms with Crippen molar-refractivity contribution in [3.8, 4) is 5.75 Å². The standard InChI is InChI=1S/C22H31N5O2S/c1-15-10-12-26(13-11-15)21-24-25-22(27(21)18-6-7-18)30-16(2)20(28)23-14-17-4-8-19(29-3)9-5-17/h4-5,8-9,15-16,18H,6-7,10-14H2,1-3H3,(H,23,28). The maximum absolute atomic E-state index is 12.7. The van der Waals surface area contributed by atoms with E-state index < -0.39 is 0 Å². The van der Waals surface area contributed by atoms with Crippen LogP contribution in [0.4, 0.5) is 5.95 Å². The predicted octanol–water partition coefficient (Wildman–Crippen LogP) is 3.65. The van der Waals surface area contributed by atoms with Crippen LogP contribution < -0.4 is 15.0 Å². The number of aromatic nitrogens is 3. The van der Waals surface area contributed by atoms with Gasteiger partial charge in [-0.15, -0.1) is 10.2 Å². The molecule has 2 heterocycles. The summed E-state index contributed by atoms with van der Waals surface area (Å²) in [7, 11) is 1.65. The highest BCUT2D eigenvalue weighted by Crippen LogP contribution is 2.42. The lowest BCUT2D eigenvalue weighted by Gasteiger charge is -2.31. The minimum Gasteiger partial charge on any atom is -0.497 e. The maximum atomic E-state index is 12.7. The van der Waals surface area contributed by atoms with E-state index in [1.54, 1.807) is 7.11 Å². The molecule has 1 amide bonds. The van der Waals surface area contributed by atoms with E-state index in [1.807, 2.05) is 31.2 Å². The number of thioether (sulfide) groups is 1. The third kappa shape index (κ3) is 4.91. The van der Waals surface area contributed by atoms with Crippen LogP contribution in [0.2, 0.25) is 0 Å². The Morgan fingerprint density at radius 1 is 1.20 bits per heavy atom. The predicted molar refractivity (Wildman–Crippen MR) is 119 cm³/mol. The minimum atomic E-state index is -0.237. The van der Waals surface area contributed by atoms with Crippen LogP contribution in [0, 0.1) is 5.92 Å². The van der Waals surface area contributed by atoms with Gasteiger partial charge in [-0.05, 0) is 56.2 Å². The first-order valence-corrected chi connectivity index (χ1v) is 11.7. The average Bonchev–Trinajstić information content (AvgIpc) is 3.53. The lowest BCUT2D eigenvalue weighted by molar-refractivity contribution is -0.120. The molecule has 1 N–H and O–H groups in total. The molecule has 7 nitrogen and oxygen atoms in total. The number of piperidine rings is 1. The molecule has 30 heavy (non-hydrogen) atoms. The Balaban J connectivity index is 1.37. The Morgan fingerprint density at radius 2 is 1.90 bits per heavy atom. The number of anilines is 1. The summed E-state index contributed by atoms with van der Waals surface area (Å²) in [5.74, 6) is 2.58. The fraction of sp³-hybridized carbons (Fsp3) is 0.591. The first-order valence-electron chi connectivity index (χ1n) is 10.8. The van der Waals surface area contributed by atoms with Crippen LogP contribution in [0.3, 0.4) is 0 Å². The van der Waals surface area contributed by atoms with Crippen molar-refractivity contribution in [2.45, 2.75) is 62.5 Å². The second kappa shape index (κ2) is 9.29. The normalized spacial score (nSPS) is 18.3. The third-order valence-electron chi connectivity index (χ3n) is 5.90. The molecule has 1 aromatic carbocycles. The molecule has 4 rings (SSSR count). The van der Waals surface area contributed by atoms with E-state index in [2.05, 4.69) is 31.9 Å². The summed E-state index contributed by atoms with van der Waals surface area (Å²) in [6, 6.07) is 8.21. The quantitative estimate of drug-likeness (QED) is 0.646. The van der Waals surface area contributed by atoms with E-state index in [0.717, 1.165) is 41.4 Å². The fourth-order valence-electron chi connectivity index (χ4n) is 3.71. The van der Waals surface area contributed by atoms with Gasteiger partial charge in [0.15, 0.2) is 5.16 Å². The van der Waals surface area contributed by atoms with Gasteiger partial charge in [0.2, 0.25) is 11.9 Å². The van der Waals surface area contributed by atoms with Crippen molar-refractivity contribution in [1.29, 1.82) is 0 Å². The molecule has 1 atom stereocenters. The molecule has 2 aromatic rings. The van der Waals surface area contributed by atoms with Gasteiger partial charge < -0.3 is 15.0 Å². The van der Waals surface area contributed by atoms with Crippen LogP contribution in [0.1, 0.15) is 51.1 Å². The highest BCUT2D eigenvalue weighted by Gasteiger charge is 2.33. The molecule has 0 spiro atoms. The Bertz CT molecular complexity index is 857. The van der Waals surface area contributed by atoms with Gasteiger partial charge in [-0.2, -0.15) is 0 Å². The topological polar surface area (TPSA) is 72.3 Å². The monoisotopic (exact) mass is 429 g/mol. The molecular weight excluding hydrogens is 398 g/mol. The van der Waals surface area contributed by atoms with Crippen molar-refractivity contribution in [3.05, 3.63) is 29.8 Å². The maximum Gasteiger partial charge on any atom is 0.233 e. The number of hydrogen-bond acceptors (Lipinski definition) is 6.